The fourth-order valence-electron chi connectivity index (χ4n) is 3.61. The third kappa shape index (κ3) is 3.54. The second kappa shape index (κ2) is 7.28. The molecule has 2 aromatic rings. The highest BCUT2D eigenvalue weighted by molar-refractivity contribution is 5.74. The van der Waals surface area contributed by atoms with Gasteiger partial charge in [0.2, 0.25) is 0 Å². The summed E-state index contributed by atoms with van der Waals surface area (Å²) in [4.78, 5) is 11.0. The van der Waals surface area contributed by atoms with Gasteiger partial charge in [-0.3, -0.25) is 4.68 Å². The molecule has 3 atom stereocenters. The Labute approximate surface area is 157 Å². The molecule has 7 nitrogen and oxygen atoms in total. The molecule has 2 heterocycles. The lowest BCUT2D eigenvalue weighted by Gasteiger charge is -2.31. The Hall–Kier alpha value is -2.45. The van der Waals surface area contributed by atoms with E-state index in [9.17, 15) is 19.4 Å². The minimum atomic E-state index is -0.877. The van der Waals surface area contributed by atoms with Crippen molar-refractivity contribution in [3.05, 3.63) is 40.8 Å². The van der Waals surface area contributed by atoms with Crippen molar-refractivity contribution < 1.29 is 19.4 Å². The maximum atomic E-state index is 13.0. The highest BCUT2D eigenvalue weighted by atomic mass is 19.1. The lowest BCUT2D eigenvalue weighted by molar-refractivity contribution is -0.112. The summed E-state index contributed by atoms with van der Waals surface area (Å²) >= 11 is 0. The Bertz CT molecular complexity index is 854. The second-order valence-corrected chi connectivity index (χ2v) is 7.32. The Balaban J connectivity index is 0.000000156. The fourth-order valence-corrected chi connectivity index (χ4v) is 3.61. The SMILES string of the molecule is CC1(C=O)CCNc2ccc(F)cc21.Cn1nc2c(c1N)C(O)C(O)CC2. The van der Waals surface area contributed by atoms with Gasteiger partial charge in [0.05, 0.1) is 17.2 Å². The number of rotatable bonds is 1. The van der Waals surface area contributed by atoms with Crippen LogP contribution in [-0.2, 0) is 23.7 Å². The number of halogens is 1. The zero-order valence-electron chi connectivity index (χ0n) is 15.4. The molecule has 0 radical (unpaired) electrons. The summed E-state index contributed by atoms with van der Waals surface area (Å²) in [6.45, 7) is 2.60. The summed E-state index contributed by atoms with van der Waals surface area (Å²) in [5, 5.41) is 26.4. The Morgan fingerprint density at radius 2 is 2.19 bits per heavy atom. The van der Waals surface area contributed by atoms with E-state index in [4.69, 9.17) is 5.73 Å². The van der Waals surface area contributed by atoms with Crippen molar-refractivity contribution in [1.82, 2.24) is 9.78 Å². The van der Waals surface area contributed by atoms with Gasteiger partial charge in [0.15, 0.2) is 0 Å². The standard InChI is InChI=1S/C11H12FNO.C8H13N3O2/c1-11(7-14)4-5-13-10-3-2-8(12)6-9(10)11;1-11-8(9)6-4(10-11)2-3-5(12)7(6)13/h2-3,6-7,13H,4-5H2,1H3;5,7,12-13H,2-3,9H2,1H3. The number of nitrogens with zero attached hydrogens (tertiary/aromatic N) is 2. The number of anilines is 2. The van der Waals surface area contributed by atoms with Crippen LogP contribution in [0.5, 0.6) is 0 Å². The van der Waals surface area contributed by atoms with Crippen LogP contribution >= 0.6 is 0 Å². The molecule has 27 heavy (non-hydrogen) atoms. The normalized spacial score (nSPS) is 26.1. The number of aryl methyl sites for hydroxylation is 2. The van der Waals surface area contributed by atoms with Crippen molar-refractivity contribution in [3.8, 4) is 0 Å². The van der Waals surface area contributed by atoms with E-state index in [1.807, 2.05) is 6.92 Å². The molecule has 146 valence electrons. The number of nitrogens with one attached hydrogen (secondary N) is 1. The molecule has 0 spiro atoms. The molecule has 1 aliphatic carbocycles. The molecule has 0 fully saturated rings. The monoisotopic (exact) mass is 376 g/mol. The van der Waals surface area contributed by atoms with Crippen LogP contribution in [0.1, 0.15) is 42.7 Å². The first-order valence-electron chi connectivity index (χ1n) is 8.94. The number of carbonyl (C=O) groups excluding carboxylic acids is 1. The summed E-state index contributed by atoms with van der Waals surface area (Å²) in [6.07, 6.45) is 1.26. The summed E-state index contributed by atoms with van der Waals surface area (Å²) in [5.74, 6) is 0.154. The number of nitrogens with two attached hydrogens (primary N) is 1. The molecular weight excluding hydrogens is 351 g/mol. The number of fused-ring (bicyclic) bond motifs is 2. The topological polar surface area (TPSA) is 113 Å². The van der Waals surface area contributed by atoms with Gasteiger partial charge in [-0.1, -0.05) is 0 Å². The number of aldehydes is 1. The molecule has 2 aliphatic rings. The van der Waals surface area contributed by atoms with Crippen molar-refractivity contribution in [1.29, 1.82) is 0 Å². The Kier molecular flexibility index (Phi) is 5.21. The minimum absolute atomic E-state index is 0.291. The van der Waals surface area contributed by atoms with Crippen LogP contribution in [0.25, 0.3) is 0 Å². The molecule has 0 saturated carbocycles. The van der Waals surface area contributed by atoms with Gasteiger partial charge in [0.25, 0.3) is 0 Å². The van der Waals surface area contributed by atoms with E-state index in [-0.39, 0.29) is 5.82 Å². The molecule has 0 amide bonds. The van der Waals surface area contributed by atoms with Gasteiger partial charge in [-0.15, -0.1) is 0 Å². The van der Waals surface area contributed by atoms with Crippen molar-refractivity contribution in [2.24, 2.45) is 7.05 Å². The summed E-state index contributed by atoms with van der Waals surface area (Å²) < 4.78 is 14.6. The van der Waals surface area contributed by atoms with Crippen LogP contribution < -0.4 is 11.1 Å². The number of hydrogen-bond acceptors (Lipinski definition) is 6. The smallest absolute Gasteiger partial charge is 0.130 e. The Morgan fingerprint density at radius 1 is 1.44 bits per heavy atom. The molecule has 1 aliphatic heterocycles. The molecule has 0 saturated heterocycles. The first-order chi connectivity index (χ1) is 12.8. The van der Waals surface area contributed by atoms with Crippen molar-refractivity contribution in [2.75, 3.05) is 17.6 Å². The predicted molar refractivity (Wildman–Crippen MR) is 99.8 cm³/mol. The van der Waals surface area contributed by atoms with Crippen LogP contribution in [-0.4, -0.2) is 38.9 Å². The number of nitrogen functional groups attached to an aromatic ring is 1. The van der Waals surface area contributed by atoms with E-state index >= 15 is 0 Å². The van der Waals surface area contributed by atoms with Gasteiger partial charge in [-0.2, -0.15) is 5.10 Å². The first kappa shape index (κ1) is 19.3. The van der Waals surface area contributed by atoms with E-state index < -0.39 is 17.6 Å². The Morgan fingerprint density at radius 3 is 2.89 bits per heavy atom. The maximum absolute atomic E-state index is 13.0. The highest BCUT2D eigenvalue weighted by Gasteiger charge is 2.32. The molecular formula is C19H25FN4O3. The number of aliphatic hydroxyl groups is 2. The lowest BCUT2D eigenvalue weighted by atomic mass is 9.78. The number of aromatic nitrogens is 2. The molecule has 5 N–H and O–H groups in total. The summed E-state index contributed by atoms with van der Waals surface area (Å²) in [7, 11) is 1.73. The van der Waals surface area contributed by atoms with Gasteiger partial charge < -0.3 is 26.1 Å². The van der Waals surface area contributed by atoms with Crippen molar-refractivity contribution in [3.63, 3.8) is 0 Å². The zero-order valence-corrected chi connectivity index (χ0v) is 15.4. The highest BCUT2D eigenvalue weighted by Crippen LogP contribution is 2.35. The van der Waals surface area contributed by atoms with Crippen molar-refractivity contribution >= 4 is 17.8 Å². The maximum Gasteiger partial charge on any atom is 0.130 e. The van der Waals surface area contributed by atoms with Crippen LogP contribution in [0.15, 0.2) is 18.2 Å². The largest absolute Gasteiger partial charge is 0.390 e. The third-order valence-corrected chi connectivity index (χ3v) is 5.36. The van der Waals surface area contributed by atoms with E-state index in [2.05, 4.69) is 10.4 Å². The average Bonchev–Trinajstić information content (AvgIpc) is 2.94. The number of benzene rings is 1. The van der Waals surface area contributed by atoms with Crippen molar-refractivity contribution in [2.45, 2.75) is 43.8 Å². The van der Waals surface area contributed by atoms with Crippen LogP contribution in [0.4, 0.5) is 15.9 Å². The van der Waals surface area contributed by atoms with Gasteiger partial charge in [0, 0.05) is 24.8 Å². The molecule has 3 unspecified atom stereocenters. The molecule has 1 aromatic carbocycles. The summed E-state index contributed by atoms with van der Waals surface area (Å²) in [5.41, 5.74) is 8.20. The number of hydrogen-bond donors (Lipinski definition) is 4. The van der Waals surface area contributed by atoms with Crippen LogP contribution in [0.2, 0.25) is 0 Å². The molecule has 0 bridgehead atoms. The molecule has 8 heteroatoms. The minimum Gasteiger partial charge on any atom is -0.390 e. The van der Waals surface area contributed by atoms with Gasteiger partial charge in [-0.25, -0.2) is 4.39 Å². The second-order valence-electron chi connectivity index (χ2n) is 7.32. The summed E-state index contributed by atoms with van der Waals surface area (Å²) in [6, 6.07) is 4.53. The third-order valence-electron chi connectivity index (χ3n) is 5.36. The van der Waals surface area contributed by atoms with E-state index in [1.54, 1.807) is 13.1 Å². The number of aliphatic hydroxyl groups excluding tert-OH is 2. The lowest BCUT2D eigenvalue weighted by Crippen LogP contribution is -2.32. The molecule has 4 rings (SSSR count). The van der Waals surface area contributed by atoms with Gasteiger partial charge in [-0.05, 0) is 49.9 Å². The van der Waals surface area contributed by atoms with Crippen LogP contribution in [0, 0.1) is 5.82 Å². The van der Waals surface area contributed by atoms with Gasteiger partial charge in [0.1, 0.15) is 24.0 Å². The number of carbonyl (C=O) groups is 1. The van der Waals surface area contributed by atoms with E-state index in [1.165, 1.54) is 16.8 Å². The average molecular weight is 376 g/mol. The van der Waals surface area contributed by atoms with Crippen LogP contribution in [0.3, 0.4) is 0 Å². The first-order valence-corrected chi connectivity index (χ1v) is 8.94. The fraction of sp³-hybridized carbons (Fsp3) is 0.474. The predicted octanol–water partition coefficient (Wildman–Crippen LogP) is 1.44. The quantitative estimate of drug-likeness (QED) is 0.560. The molecule has 1 aromatic heterocycles. The van der Waals surface area contributed by atoms with E-state index in [0.29, 0.717) is 30.6 Å². The zero-order chi connectivity index (χ0) is 19.8. The van der Waals surface area contributed by atoms with Gasteiger partial charge >= 0.3 is 0 Å². The van der Waals surface area contributed by atoms with E-state index in [0.717, 1.165) is 29.8 Å².